The number of carbonyl (C=O) groups excluding carboxylic acids is 2. The summed E-state index contributed by atoms with van der Waals surface area (Å²) in [6.07, 6.45) is 0.796. The van der Waals surface area contributed by atoms with Gasteiger partial charge in [0.1, 0.15) is 5.82 Å². The van der Waals surface area contributed by atoms with E-state index in [-0.39, 0.29) is 29.5 Å². The molecule has 0 N–H and O–H groups in total. The number of amides is 2. The Balaban J connectivity index is 1.33. The summed E-state index contributed by atoms with van der Waals surface area (Å²) in [5, 5.41) is 8.99. The lowest BCUT2D eigenvalue weighted by Crippen LogP contribution is -2.51. The fourth-order valence-corrected chi connectivity index (χ4v) is 3.82. The van der Waals surface area contributed by atoms with E-state index >= 15 is 0 Å². The van der Waals surface area contributed by atoms with Crippen molar-refractivity contribution in [2.45, 2.75) is 12.3 Å². The van der Waals surface area contributed by atoms with Crippen LogP contribution in [0, 0.1) is 23.1 Å². The van der Waals surface area contributed by atoms with Crippen LogP contribution < -0.4 is 0 Å². The minimum absolute atomic E-state index is 0.0416. The van der Waals surface area contributed by atoms with Crippen molar-refractivity contribution in [1.82, 2.24) is 9.80 Å². The lowest BCUT2D eigenvalue weighted by Gasteiger charge is -2.35. The molecule has 0 bridgehead atoms. The van der Waals surface area contributed by atoms with Gasteiger partial charge in [0, 0.05) is 37.7 Å². The summed E-state index contributed by atoms with van der Waals surface area (Å²) >= 11 is 0. The number of benzene rings is 2. The number of carbonyl (C=O) groups is 2. The highest BCUT2D eigenvalue weighted by molar-refractivity contribution is 5.94. The quantitative estimate of drug-likeness (QED) is 0.826. The van der Waals surface area contributed by atoms with E-state index in [2.05, 4.69) is 0 Å². The smallest absolute Gasteiger partial charge is 0.254 e. The fraction of sp³-hybridized carbons (Fsp3) is 0.318. The van der Waals surface area contributed by atoms with E-state index in [9.17, 15) is 14.0 Å². The van der Waals surface area contributed by atoms with E-state index in [1.54, 1.807) is 41.3 Å². The summed E-state index contributed by atoms with van der Waals surface area (Å²) in [4.78, 5) is 28.9. The summed E-state index contributed by atoms with van der Waals surface area (Å²) < 4.78 is 13.1. The van der Waals surface area contributed by atoms with Gasteiger partial charge in [-0.05, 0) is 48.2 Å². The first-order valence-electron chi connectivity index (χ1n) is 9.40. The van der Waals surface area contributed by atoms with Gasteiger partial charge in [0.05, 0.1) is 11.6 Å². The van der Waals surface area contributed by atoms with E-state index in [4.69, 9.17) is 5.26 Å². The maximum Gasteiger partial charge on any atom is 0.254 e. The number of hydrogen-bond donors (Lipinski definition) is 0. The average molecular weight is 377 g/mol. The fourth-order valence-electron chi connectivity index (χ4n) is 3.82. The van der Waals surface area contributed by atoms with Gasteiger partial charge in [0.25, 0.3) is 5.91 Å². The van der Waals surface area contributed by atoms with Gasteiger partial charge < -0.3 is 9.80 Å². The van der Waals surface area contributed by atoms with E-state index in [1.165, 1.54) is 12.1 Å². The highest BCUT2D eigenvalue weighted by atomic mass is 19.1. The van der Waals surface area contributed by atoms with Gasteiger partial charge >= 0.3 is 0 Å². The van der Waals surface area contributed by atoms with Crippen molar-refractivity contribution in [3.05, 3.63) is 71.0 Å². The first-order chi connectivity index (χ1) is 13.6. The van der Waals surface area contributed by atoms with Crippen molar-refractivity contribution < 1.29 is 14.0 Å². The molecule has 1 aliphatic heterocycles. The molecule has 2 aliphatic rings. The van der Waals surface area contributed by atoms with Crippen LogP contribution in [0.1, 0.15) is 33.8 Å². The van der Waals surface area contributed by atoms with Gasteiger partial charge in [0.15, 0.2) is 0 Å². The highest BCUT2D eigenvalue weighted by Crippen LogP contribution is 2.48. The minimum Gasteiger partial charge on any atom is -0.339 e. The highest BCUT2D eigenvalue weighted by Gasteiger charge is 2.46. The van der Waals surface area contributed by atoms with Crippen LogP contribution in [0.3, 0.4) is 0 Å². The molecule has 0 unspecified atom stereocenters. The van der Waals surface area contributed by atoms with Crippen LogP contribution in [-0.2, 0) is 4.79 Å². The van der Waals surface area contributed by atoms with Crippen molar-refractivity contribution in [2.75, 3.05) is 26.2 Å². The molecule has 2 aromatic carbocycles. The average Bonchev–Trinajstić information content (AvgIpc) is 3.54. The first-order valence-corrected chi connectivity index (χ1v) is 9.40. The second-order valence-corrected chi connectivity index (χ2v) is 7.31. The number of nitrogens with zero attached hydrogens (tertiary/aromatic N) is 3. The molecular weight excluding hydrogens is 357 g/mol. The Bertz CT molecular complexity index is 943. The van der Waals surface area contributed by atoms with Gasteiger partial charge in [-0.2, -0.15) is 5.26 Å². The van der Waals surface area contributed by atoms with Gasteiger partial charge in [-0.25, -0.2) is 4.39 Å². The molecule has 1 saturated carbocycles. The zero-order valence-corrected chi connectivity index (χ0v) is 15.3. The molecule has 1 heterocycles. The zero-order chi connectivity index (χ0) is 19.7. The second kappa shape index (κ2) is 7.43. The number of piperazine rings is 1. The predicted molar refractivity (Wildman–Crippen MR) is 101 cm³/mol. The zero-order valence-electron chi connectivity index (χ0n) is 15.3. The van der Waals surface area contributed by atoms with E-state index in [0.717, 1.165) is 12.0 Å². The van der Waals surface area contributed by atoms with Crippen LogP contribution in [0.15, 0.2) is 48.5 Å². The molecule has 0 radical (unpaired) electrons. The van der Waals surface area contributed by atoms with Crippen molar-refractivity contribution in [3.63, 3.8) is 0 Å². The standard InChI is InChI=1S/C22H20FN3O2/c23-18-6-4-16(5-7-18)19-13-20(19)22(28)26-10-8-25(9-11-26)21(27)17-3-1-2-15(12-17)14-24/h1-7,12,19-20H,8-11,13H2/t19-,20+/m0/s1. The molecule has 28 heavy (non-hydrogen) atoms. The number of hydrogen-bond acceptors (Lipinski definition) is 3. The van der Waals surface area contributed by atoms with Crippen LogP contribution in [0.4, 0.5) is 4.39 Å². The van der Waals surface area contributed by atoms with E-state index in [0.29, 0.717) is 37.3 Å². The Hall–Kier alpha value is -3.20. The molecule has 2 fully saturated rings. The molecule has 1 aliphatic carbocycles. The Labute approximate surface area is 163 Å². The van der Waals surface area contributed by atoms with Crippen molar-refractivity contribution >= 4 is 11.8 Å². The normalized spacial score (nSPS) is 21.1. The maximum absolute atomic E-state index is 13.1. The molecule has 142 valence electrons. The van der Waals surface area contributed by atoms with Crippen LogP contribution in [0.5, 0.6) is 0 Å². The third kappa shape index (κ3) is 3.61. The lowest BCUT2D eigenvalue weighted by molar-refractivity contribution is -0.134. The van der Waals surface area contributed by atoms with Gasteiger partial charge in [-0.3, -0.25) is 9.59 Å². The molecular formula is C22H20FN3O2. The molecule has 1 saturated heterocycles. The Morgan fingerprint density at radius 1 is 1.00 bits per heavy atom. The largest absolute Gasteiger partial charge is 0.339 e. The summed E-state index contributed by atoms with van der Waals surface area (Å²) in [7, 11) is 0. The molecule has 0 aromatic heterocycles. The van der Waals surface area contributed by atoms with Gasteiger partial charge in [0.2, 0.25) is 5.91 Å². The van der Waals surface area contributed by atoms with Crippen molar-refractivity contribution in [1.29, 1.82) is 5.26 Å². The third-order valence-electron chi connectivity index (χ3n) is 5.52. The molecule has 4 rings (SSSR count). The number of nitriles is 1. The number of rotatable bonds is 3. The van der Waals surface area contributed by atoms with Crippen molar-refractivity contribution in [2.24, 2.45) is 5.92 Å². The summed E-state index contributed by atoms with van der Waals surface area (Å²) in [5.41, 5.74) is 1.96. The topological polar surface area (TPSA) is 64.4 Å². The lowest BCUT2D eigenvalue weighted by atomic mass is 10.1. The minimum atomic E-state index is -0.270. The first kappa shape index (κ1) is 18.2. The predicted octanol–water partition coefficient (Wildman–Crippen LogP) is 2.79. The summed E-state index contributed by atoms with van der Waals surface area (Å²) in [6.45, 7) is 1.98. The van der Waals surface area contributed by atoms with Crippen LogP contribution in [-0.4, -0.2) is 47.8 Å². The monoisotopic (exact) mass is 377 g/mol. The third-order valence-corrected chi connectivity index (χ3v) is 5.52. The Morgan fingerprint density at radius 3 is 2.36 bits per heavy atom. The molecule has 2 amide bonds. The number of halogens is 1. The second-order valence-electron chi connectivity index (χ2n) is 7.31. The Morgan fingerprint density at radius 2 is 1.68 bits per heavy atom. The molecule has 5 nitrogen and oxygen atoms in total. The van der Waals surface area contributed by atoms with E-state index in [1.807, 2.05) is 11.0 Å². The van der Waals surface area contributed by atoms with Crippen LogP contribution >= 0.6 is 0 Å². The maximum atomic E-state index is 13.1. The van der Waals surface area contributed by atoms with Gasteiger partial charge in [-0.15, -0.1) is 0 Å². The van der Waals surface area contributed by atoms with Crippen LogP contribution in [0.25, 0.3) is 0 Å². The van der Waals surface area contributed by atoms with Gasteiger partial charge in [-0.1, -0.05) is 18.2 Å². The molecule has 0 spiro atoms. The molecule has 6 heteroatoms. The van der Waals surface area contributed by atoms with Crippen LogP contribution in [0.2, 0.25) is 0 Å². The molecule has 2 atom stereocenters. The van der Waals surface area contributed by atoms with E-state index < -0.39 is 0 Å². The summed E-state index contributed by atoms with van der Waals surface area (Å²) in [6, 6.07) is 15.1. The Kier molecular flexibility index (Phi) is 4.82. The van der Waals surface area contributed by atoms with Crippen molar-refractivity contribution in [3.8, 4) is 6.07 Å². The SMILES string of the molecule is N#Cc1cccc(C(=O)N2CCN(C(=O)[C@@H]3C[C@H]3c3ccc(F)cc3)CC2)c1. The molecule has 2 aromatic rings. The summed E-state index contributed by atoms with van der Waals surface area (Å²) in [5.74, 6) is -0.136.